The van der Waals surface area contributed by atoms with Crippen molar-refractivity contribution in [2.75, 3.05) is 13.2 Å². The molecule has 21 heteroatoms. The number of nitrogens with zero attached hydrogens (tertiary/aromatic N) is 1. The van der Waals surface area contributed by atoms with E-state index in [-0.39, 0.29) is 35.4 Å². The summed E-state index contributed by atoms with van der Waals surface area (Å²) in [6, 6.07) is -5.17. The molecule has 4 amide bonds. The maximum Gasteiger partial charge on any atom is 0.408 e. The van der Waals surface area contributed by atoms with Crippen molar-refractivity contribution < 1.29 is 52.2 Å². The summed E-state index contributed by atoms with van der Waals surface area (Å²) in [6.45, 7) is 31.9. The van der Waals surface area contributed by atoms with Crippen LogP contribution in [0.4, 0.5) is 4.79 Å². The number of alkyl carbamates (subject to hydrolysis) is 1. The van der Waals surface area contributed by atoms with Crippen LogP contribution in [0.15, 0.2) is 0 Å². The van der Waals surface area contributed by atoms with E-state index in [0.29, 0.717) is 0 Å². The van der Waals surface area contributed by atoms with Gasteiger partial charge in [-0.2, -0.15) is 0 Å². The lowest BCUT2D eigenvalue weighted by Gasteiger charge is -2.45. The Morgan fingerprint density at radius 1 is 0.803 bits per heavy atom. The highest BCUT2D eigenvalue weighted by molar-refractivity contribution is 6.74. The summed E-state index contributed by atoms with van der Waals surface area (Å²) < 4.78 is 21.8. The normalized spacial score (nSPS) is 19.4. The van der Waals surface area contributed by atoms with Gasteiger partial charge in [-0.15, -0.1) is 0 Å². The number of ether oxygens (including phenoxy) is 2. The molecule has 1 heterocycles. The molecule has 1 aliphatic rings. The smallest absolute Gasteiger partial charge is 0.408 e. The summed E-state index contributed by atoms with van der Waals surface area (Å²) in [5.41, 5.74) is 3.05. The molecule has 0 aromatic rings. The molecule has 16 nitrogen and oxygen atoms in total. The van der Waals surface area contributed by atoms with Crippen LogP contribution in [0.25, 0.3) is 0 Å². The number of rotatable bonds is 19. The number of carboxylic acid groups (broad SMARTS) is 1. The topological polar surface area (TPSA) is 211 Å². The molecule has 1 saturated heterocycles. The van der Waals surface area contributed by atoms with Crippen LogP contribution < -0.4 is 21.4 Å². The van der Waals surface area contributed by atoms with Crippen LogP contribution in [-0.2, 0) is 42.3 Å². The molecule has 7 atom stereocenters. The van der Waals surface area contributed by atoms with Gasteiger partial charge in [-0.1, -0.05) is 118 Å². The summed E-state index contributed by atoms with van der Waals surface area (Å²) in [6.07, 6.45) is -3.76. The van der Waals surface area contributed by atoms with E-state index in [1.54, 1.807) is 34.6 Å². The third-order valence-electron chi connectivity index (χ3n) is 11.4. The van der Waals surface area contributed by atoms with Crippen molar-refractivity contribution in [1.29, 1.82) is 0 Å². The fraction of sp³-hybridized carbons (Fsp3) is 0.850. The first kappa shape index (κ1) is 56.8. The van der Waals surface area contributed by atoms with Gasteiger partial charge in [-0.25, -0.2) is 19.8 Å². The largest absolute Gasteiger partial charge is 0.480 e. The standard InChI is InChI=1S/C40H74Cl3N5O11Si2/c1-22(2)18-27(32(49)46-30(35(52)53)25(7)58-60(14,15)38(8,9)10)45-33(50)28-19-26(59-61(16,17)39(11,12)13)20-44-48(28)34(51)31(24(5)6)57-36(54)29(23(3)4)47-37(55)56-21-40(41,42)43/h22-31,44H,18-21H2,1-17H3,(H,45,50)(H,46,49)(H,47,55)(H,52,53)/t25-,26+,27-,28+,29+,30+,31-/m0/s1. The molecule has 0 aliphatic carbocycles. The minimum atomic E-state index is -2.45. The van der Waals surface area contributed by atoms with Gasteiger partial charge in [0.2, 0.25) is 15.6 Å². The van der Waals surface area contributed by atoms with Gasteiger partial charge in [0.15, 0.2) is 28.8 Å². The molecule has 0 bridgehead atoms. The lowest BCUT2D eigenvalue weighted by atomic mass is 9.99. The number of carbonyl (C=O) groups is 6. The van der Waals surface area contributed by atoms with Gasteiger partial charge >= 0.3 is 18.0 Å². The Balaban J connectivity index is 3.59. The lowest BCUT2D eigenvalue weighted by Crippen LogP contribution is -2.67. The van der Waals surface area contributed by atoms with E-state index in [4.69, 9.17) is 53.1 Å². The van der Waals surface area contributed by atoms with E-state index in [2.05, 4.69) is 55.2 Å². The monoisotopic (exact) mass is 961 g/mol. The SMILES string of the molecule is CC(C)C[C@H](NC(=O)[C@H]1C[C@@H](O[Si](C)(C)C(C)(C)C)CNN1C(=O)[C@@H](OC(=O)[C@H](NC(=O)OCC(Cl)(Cl)Cl)C(C)C)C(C)C)C(=O)N[C@@H](C(=O)O)[C@H](C)O[Si](C)(C)C(C)(C)C. The Kier molecular flexibility index (Phi) is 21.1. The molecule has 1 rings (SSSR count). The first-order chi connectivity index (χ1) is 27.4. The minimum absolute atomic E-state index is 0.0201. The van der Waals surface area contributed by atoms with Crippen molar-refractivity contribution in [2.45, 2.75) is 185 Å². The second-order valence-electron chi connectivity index (χ2n) is 20.1. The number of alkyl halides is 3. The number of halogens is 3. The zero-order valence-electron chi connectivity index (χ0n) is 39.2. The van der Waals surface area contributed by atoms with Gasteiger partial charge in [0, 0.05) is 13.0 Å². The Bertz CT molecular complexity index is 1530. The molecule has 354 valence electrons. The average molecular weight is 964 g/mol. The van der Waals surface area contributed by atoms with Gasteiger partial charge in [0.25, 0.3) is 5.91 Å². The highest BCUT2D eigenvalue weighted by Crippen LogP contribution is 2.39. The van der Waals surface area contributed by atoms with Crippen molar-refractivity contribution in [3.05, 3.63) is 0 Å². The predicted octanol–water partition coefficient (Wildman–Crippen LogP) is 6.68. The second kappa shape index (κ2) is 22.6. The maximum absolute atomic E-state index is 14.5. The number of hydrogen-bond donors (Lipinski definition) is 5. The molecule has 0 aromatic heterocycles. The molecular weight excluding hydrogens is 889 g/mol. The van der Waals surface area contributed by atoms with Crippen LogP contribution in [-0.4, -0.2) is 122 Å². The van der Waals surface area contributed by atoms with Crippen LogP contribution in [0.2, 0.25) is 36.3 Å². The van der Waals surface area contributed by atoms with Gasteiger partial charge in [-0.3, -0.25) is 19.4 Å². The van der Waals surface area contributed by atoms with Gasteiger partial charge in [0.05, 0.1) is 12.2 Å². The minimum Gasteiger partial charge on any atom is -0.480 e. The highest BCUT2D eigenvalue weighted by Gasteiger charge is 2.47. The fourth-order valence-corrected chi connectivity index (χ4v) is 8.77. The van der Waals surface area contributed by atoms with Gasteiger partial charge < -0.3 is 39.4 Å². The zero-order chi connectivity index (χ0) is 47.8. The Morgan fingerprint density at radius 2 is 1.34 bits per heavy atom. The molecule has 0 saturated carbocycles. The summed E-state index contributed by atoms with van der Waals surface area (Å²) in [7, 11) is -4.85. The Labute approximate surface area is 380 Å². The first-order valence-electron chi connectivity index (χ1n) is 20.9. The van der Waals surface area contributed by atoms with E-state index in [1.165, 1.54) is 0 Å². The number of hydrogen-bond acceptors (Lipinski definition) is 11. The van der Waals surface area contributed by atoms with E-state index in [0.717, 1.165) is 5.01 Å². The van der Waals surface area contributed by atoms with Crippen LogP contribution in [0, 0.1) is 17.8 Å². The van der Waals surface area contributed by atoms with Crippen molar-refractivity contribution in [3.63, 3.8) is 0 Å². The number of nitrogens with one attached hydrogen (secondary N) is 4. The molecule has 1 fully saturated rings. The van der Waals surface area contributed by atoms with Crippen LogP contribution >= 0.6 is 34.8 Å². The number of esters is 1. The summed E-state index contributed by atoms with van der Waals surface area (Å²) >= 11 is 17.1. The summed E-state index contributed by atoms with van der Waals surface area (Å²) in [4.78, 5) is 81.7. The zero-order valence-corrected chi connectivity index (χ0v) is 43.5. The van der Waals surface area contributed by atoms with E-state index < -0.39 is 117 Å². The van der Waals surface area contributed by atoms with Crippen LogP contribution in [0.3, 0.4) is 0 Å². The van der Waals surface area contributed by atoms with Crippen LogP contribution in [0.5, 0.6) is 0 Å². The van der Waals surface area contributed by atoms with Crippen LogP contribution in [0.1, 0.15) is 103 Å². The lowest BCUT2D eigenvalue weighted by molar-refractivity contribution is -0.172. The fourth-order valence-electron chi connectivity index (χ4n) is 5.82. The van der Waals surface area contributed by atoms with E-state index in [9.17, 15) is 33.9 Å². The maximum atomic E-state index is 14.5. The second-order valence-corrected chi connectivity index (χ2v) is 32.1. The third kappa shape index (κ3) is 17.7. The highest BCUT2D eigenvalue weighted by atomic mass is 35.6. The Morgan fingerprint density at radius 3 is 1.79 bits per heavy atom. The first-order valence-corrected chi connectivity index (χ1v) is 27.8. The summed E-state index contributed by atoms with van der Waals surface area (Å²) in [5.74, 6) is -5.71. The van der Waals surface area contributed by atoms with Gasteiger partial charge in [-0.05, 0) is 67.4 Å². The van der Waals surface area contributed by atoms with Crippen molar-refractivity contribution in [3.8, 4) is 0 Å². The Hall–Kier alpha value is -2.20. The van der Waals surface area contributed by atoms with Crippen molar-refractivity contribution in [1.82, 2.24) is 26.4 Å². The molecule has 0 radical (unpaired) electrons. The number of aliphatic carboxylic acids is 1. The van der Waals surface area contributed by atoms with Gasteiger partial charge in [0.1, 0.15) is 24.7 Å². The third-order valence-corrected chi connectivity index (χ3v) is 20.8. The average Bonchev–Trinajstić information content (AvgIpc) is 3.07. The molecular formula is C40H74Cl3N5O11Si2. The number of carbonyl (C=O) groups excluding carboxylic acids is 5. The number of carboxylic acids is 1. The molecule has 0 unspecified atom stereocenters. The molecule has 0 aromatic carbocycles. The van der Waals surface area contributed by atoms with Crippen molar-refractivity contribution in [2.24, 2.45) is 17.8 Å². The number of amides is 4. The number of hydrazine groups is 1. The molecule has 0 spiro atoms. The molecule has 5 N–H and O–H groups in total. The van der Waals surface area contributed by atoms with Crippen molar-refractivity contribution >= 4 is 87.2 Å². The molecule has 61 heavy (non-hydrogen) atoms. The van der Waals surface area contributed by atoms with E-state index in [1.807, 2.05) is 47.7 Å². The predicted molar refractivity (Wildman–Crippen MR) is 242 cm³/mol. The molecule has 1 aliphatic heterocycles. The van der Waals surface area contributed by atoms with E-state index >= 15 is 0 Å². The quantitative estimate of drug-likeness (QED) is 0.0522. The summed E-state index contributed by atoms with van der Waals surface area (Å²) in [5, 5.41) is 18.7.